The first-order chi connectivity index (χ1) is 15.7. The molecule has 1 atom stereocenters. The van der Waals surface area contributed by atoms with Crippen molar-refractivity contribution >= 4 is 16.8 Å². The molecule has 0 bridgehead atoms. The van der Waals surface area contributed by atoms with Crippen molar-refractivity contribution < 1.29 is 4.79 Å². The van der Waals surface area contributed by atoms with Crippen LogP contribution >= 0.6 is 0 Å². The Morgan fingerprint density at radius 1 is 0.844 bits per heavy atom. The van der Waals surface area contributed by atoms with Crippen molar-refractivity contribution in [1.29, 1.82) is 0 Å². The van der Waals surface area contributed by atoms with Gasteiger partial charge >= 0.3 is 0 Å². The molecule has 0 radical (unpaired) electrons. The van der Waals surface area contributed by atoms with Crippen molar-refractivity contribution in [3.63, 3.8) is 0 Å². The third kappa shape index (κ3) is 3.24. The minimum absolute atomic E-state index is 0.0284. The van der Waals surface area contributed by atoms with Gasteiger partial charge in [0.05, 0.1) is 22.8 Å². The molecule has 3 aromatic heterocycles. The number of benzene rings is 2. The number of hydrogen-bond acceptors (Lipinski definition) is 3. The van der Waals surface area contributed by atoms with Crippen LogP contribution in [0, 0.1) is 0 Å². The van der Waals surface area contributed by atoms with Gasteiger partial charge in [0.25, 0.3) is 5.91 Å². The number of hydrogen-bond donors (Lipinski definition) is 2. The number of carbonyl (C=O) groups excluding carboxylic acids is 1. The normalized spacial score (nSPS) is 15.4. The molecule has 5 nitrogen and oxygen atoms in total. The summed E-state index contributed by atoms with van der Waals surface area (Å²) in [6, 6.07) is 26.1. The lowest BCUT2D eigenvalue weighted by molar-refractivity contribution is 0.0925. The number of rotatable bonds is 3. The predicted molar refractivity (Wildman–Crippen MR) is 125 cm³/mol. The van der Waals surface area contributed by atoms with E-state index in [2.05, 4.69) is 32.4 Å². The van der Waals surface area contributed by atoms with Gasteiger partial charge in [0.2, 0.25) is 0 Å². The van der Waals surface area contributed by atoms with E-state index >= 15 is 0 Å². The molecular weight excluding hydrogens is 396 g/mol. The van der Waals surface area contributed by atoms with Gasteiger partial charge in [-0.05, 0) is 35.9 Å². The smallest absolute Gasteiger partial charge is 0.253 e. The van der Waals surface area contributed by atoms with E-state index in [0.29, 0.717) is 5.56 Å². The van der Waals surface area contributed by atoms with Crippen LogP contribution in [0.25, 0.3) is 33.4 Å². The number of nitrogens with zero attached hydrogens (tertiary/aromatic N) is 2. The molecule has 154 valence electrons. The lowest BCUT2D eigenvalue weighted by Crippen LogP contribution is -2.34. The van der Waals surface area contributed by atoms with E-state index in [9.17, 15) is 4.79 Å². The van der Waals surface area contributed by atoms with Crippen molar-refractivity contribution in [2.24, 2.45) is 0 Å². The van der Waals surface area contributed by atoms with Crippen molar-refractivity contribution in [1.82, 2.24) is 20.3 Å². The van der Waals surface area contributed by atoms with Crippen molar-refractivity contribution in [3.8, 4) is 22.5 Å². The highest BCUT2D eigenvalue weighted by Crippen LogP contribution is 2.31. The second kappa shape index (κ2) is 7.46. The number of aromatic nitrogens is 3. The molecule has 0 fully saturated rings. The van der Waals surface area contributed by atoms with E-state index in [1.807, 2.05) is 72.9 Å². The van der Waals surface area contributed by atoms with Crippen LogP contribution in [0.1, 0.15) is 27.7 Å². The van der Waals surface area contributed by atoms with E-state index < -0.39 is 0 Å². The zero-order valence-electron chi connectivity index (χ0n) is 17.2. The summed E-state index contributed by atoms with van der Waals surface area (Å²) in [7, 11) is 0. The number of para-hydroxylation sites is 1. The number of nitrogens with one attached hydrogen (secondary N) is 2. The van der Waals surface area contributed by atoms with Crippen molar-refractivity contribution in [3.05, 3.63) is 108 Å². The average molecular weight is 416 g/mol. The maximum absolute atomic E-state index is 12.8. The van der Waals surface area contributed by atoms with Crippen molar-refractivity contribution in [2.45, 2.75) is 12.5 Å². The van der Waals surface area contributed by atoms with Crippen LogP contribution in [0.4, 0.5) is 0 Å². The first-order valence-electron chi connectivity index (χ1n) is 10.6. The molecule has 5 aromatic rings. The standard InChI is InChI=1S/C27H20N4O/c32-27-21-14-24(30-26(21)15-25(31-27)17-6-2-1-3-7-17)19-10-11-28-23(13-19)20-12-18-8-4-5-9-22(18)29-16-20/h1-14,16,25,30H,15H2,(H,31,32). The molecule has 5 heteroatoms. The van der Waals surface area contributed by atoms with Crippen LogP contribution in [0.3, 0.4) is 0 Å². The number of carbonyl (C=O) groups is 1. The Labute approximate surface area is 185 Å². The Hall–Kier alpha value is -4.25. The highest BCUT2D eigenvalue weighted by atomic mass is 16.1. The fourth-order valence-corrected chi connectivity index (χ4v) is 4.36. The molecule has 0 saturated carbocycles. The first kappa shape index (κ1) is 18.5. The summed E-state index contributed by atoms with van der Waals surface area (Å²) < 4.78 is 0. The zero-order valence-corrected chi connectivity index (χ0v) is 17.2. The van der Waals surface area contributed by atoms with Crippen LogP contribution in [0.15, 0.2) is 91.3 Å². The summed E-state index contributed by atoms with van der Waals surface area (Å²) in [6.07, 6.45) is 4.39. The average Bonchev–Trinajstić information content (AvgIpc) is 3.29. The van der Waals surface area contributed by atoms with Crippen LogP contribution in [-0.4, -0.2) is 20.9 Å². The van der Waals surface area contributed by atoms with E-state index in [1.54, 1.807) is 6.20 Å². The molecule has 0 aliphatic carbocycles. The topological polar surface area (TPSA) is 70.7 Å². The molecule has 1 aliphatic heterocycles. The molecule has 0 saturated heterocycles. The summed E-state index contributed by atoms with van der Waals surface area (Å²) in [6.45, 7) is 0. The maximum atomic E-state index is 12.8. The van der Waals surface area contributed by atoms with Gasteiger partial charge in [-0.15, -0.1) is 0 Å². The van der Waals surface area contributed by atoms with E-state index in [4.69, 9.17) is 0 Å². The van der Waals surface area contributed by atoms with Crippen LogP contribution in [0.5, 0.6) is 0 Å². The summed E-state index contributed by atoms with van der Waals surface area (Å²) in [5.74, 6) is -0.0457. The molecule has 1 amide bonds. The minimum atomic E-state index is -0.0457. The first-order valence-corrected chi connectivity index (χ1v) is 10.6. The van der Waals surface area contributed by atoms with Crippen LogP contribution in [0.2, 0.25) is 0 Å². The summed E-state index contributed by atoms with van der Waals surface area (Å²) in [5, 5.41) is 4.21. The zero-order chi connectivity index (χ0) is 21.5. The quantitative estimate of drug-likeness (QED) is 0.418. The van der Waals surface area contributed by atoms with Gasteiger partial charge in [-0.3, -0.25) is 14.8 Å². The Morgan fingerprint density at radius 2 is 1.69 bits per heavy atom. The summed E-state index contributed by atoms with van der Waals surface area (Å²) >= 11 is 0. The molecule has 32 heavy (non-hydrogen) atoms. The second-order valence-electron chi connectivity index (χ2n) is 8.06. The van der Waals surface area contributed by atoms with Gasteiger partial charge in [0.1, 0.15) is 0 Å². The Balaban J connectivity index is 1.35. The molecule has 4 heterocycles. The molecule has 2 aromatic carbocycles. The molecule has 1 unspecified atom stereocenters. The lowest BCUT2D eigenvalue weighted by atomic mass is 9.96. The van der Waals surface area contributed by atoms with Gasteiger partial charge in [-0.25, -0.2) is 0 Å². The Kier molecular flexibility index (Phi) is 4.32. The summed E-state index contributed by atoms with van der Waals surface area (Å²) in [4.78, 5) is 25.4. The fraction of sp³-hybridized carbons (Fsp3) is 0.0741. The second-order valence-corrected chi connectivity index (χ2v) is 8.06. The Morgan fingerprint density at radius 3 is 2.59 bits per heavy atom. The number of fused-ring (bicyclic) bond motifs is 2. The third-order valence-corrected chi connectivity index (χ3v) is 6.02. The fourth-order valence-electron chi connectivity index (χ4n) is 4.36. The van der Waals surface area contributed by atoms with Gasteiger partial charge in [-0.2, -0.15) is 0 Å². The number of H-pyrrole nitrogens is 1. The molecular formula is C27H20N4O. The summed E-state index contributed by atoms with van der Waals surface area (Å²) in [5.41, 5.74) is 7.45. The van der Waals surface area contributed by atoms with Crippen molar-refractivity contribution in [2.75, 3.05) is 0 Å². The van der Waals surface area contributed by atoms with Crippen LogP contribution in [-0.2, 0) is 6.42 Å². The van der Waals surface area contributed by atoms with Gasteiger partial charge in [-0.1, -0.05) is 48.5 Å². The Bertz CT molecular complexity index is 1460. The molecule has 6 rings (SSSR count). The largest absolute Gasteiger partial charge is 0.358 e. The number of pyridine rings is 2. The highest BCUT2D eigenvalue weighted by molar-refractivity contribution is 5.98. The van der Waals surface area contributed by atoms with E-state index in [-0.39, 0.29) is 11.9 Å². The molecule has 0 spiro atoms. The maximum Gasteiger partial charge on any atom is 0.253 e. The van der Waals surface area contributed by atoms with Crippen LogP contribution < -0.4 is 5.32 Å². The number of aromatic amines is 1. The lowest BCUT2D eigenvalue weighted by Gasteiger charge is -2.23. The minimum Gasteiger partial charge on any atom is -0.358 e. The number of amides is 1. The monoisotopic (exact) mass is 416 g/mol. The van der Waals surface area contributed by atoms with Gasteiger partial charge in [0.15, 0.2) is 0 Å². The molecule has 2 N–H and O–H groups in total. The SMILES string of the molecule is O=C1NC(c2ccccc2)Cc2[nH]c(-c3ccnc(-c4cnc5ccccc5c4)c3)cc21. The third-order valence-electron chi connectivity index (χ3n) is 6.02. The van der Waals surface area contributed by atoms with Gasteiger partial charge < -0.3 is 10.3 Å². The van der Waals surface area contributed by atoms with Gasteiger partial charge in [0, 0.05) is 46.7 Å². The highest BCUT2D eigenvalue weighted by Gasteiger charge is 2.27. The predicted octanol–water partition coefficient (Wildman–Crippen LogP) is 5.32. The van der Waals surface area contributed by atoms with E-state index in [1.165, 1.54) is 0 Å². The molecule has 1 aliphatic rings. The van der Waals surface area contributed by atoms with E-state index in [0.717, 1.165) is 51.1 Å².